The third-order valence-corrected chi connectivity index (χ3v) is 2.10. The lowest BCUT2D eigenvalue weighted by atomic mass is 9.91. The van der Waals surface area contributed by atoms with Crippen molar-refractivity contribution >= 4 is 5.97 Å². The van der Waals surface area contributed by atoms with E-state index in [9.17, 15) is 4.79 Å². The molecule has 1 atom stereocenters. The molecule has 0 bridgehead atoms. The van der Waals surface area contributed by atoms with E-state index in [4.69, 9.17) is 5.11 Å². The fourth-order valence-electron chi connectivity index (χ4n) is 1.13. The Hall–Kier alpha value is -1.05. The van der Waals surface area contributed by atoms with E-state index >= 15 is 0 Å². The molecule has 60 valence electrons. The number of hydrogen-bond acceptors (Lipinski definition) is 1. The molecule has 1 aliphatic rings. The molecule has 0 aromatic carbocycles. The van der Waals surface area contributed by atoms with Crippen LogP contribution in [0.15, 0.2) is 23.3 Å². The van der Waals surface area contributed by atoms with Crippen molar-refractivity contribution in [1.82, 2.24) is 0 Å². The summed E-state index contributed by atoms with van der Waals surface area (Å²) in [6.45, 7) is 3.98. The zero-order valence-corrected chi connectivity index (χ0v) is 6.79. The van der Waals surface area contributed by atoms with E-state index in [1.807, 2.05) is 19.9 Å². The number of rotatable bonds is 1. The fraction of sp³-hybridized carbons (Fsp3) is 0.444. The highest BCUT2D eigenvalue weighted by Gasteiger charge is 2.17. The second kappa shape index (κ2) is 2.91. The summed E-state index contributed by atoms with van der Waals surface area (Å²) in [6, 6.07) is 0. The number of carboxylic acid groups (broad SMARTS) is 1. The maximum Gasteiger partial charge on any atom is 0.310 e. The number of carbonyl (C=O) groups is 1. The summed E-state index contributed by atoms with van der Waals surface area (Å²) in [5, 5.41) is 8.67. The maximum absolute atomic E-state index is 10.5. The van der Waals surface area contributed by atoms with Gasteiger partial charge in [0.2, 0.25) is 0 Å². The third kappa shape index (κ3) is 1.70. The van der Waals surface area contributed by atoms with Gasteiger partial charge in [-0.05, 0) is 20.3 Å². The topological polar surface area (TPSA) is 37.3 Å². The Morgan fingerprint density at radius 2 is 2.27 bits per heavy atom. The molecule has 0 saturated heterocycles. The van der Waals surface area contributed by atoms with Gasteiger partial charge in [0.1, 0.15) is 0 Å². The molecular formula is C9H12O2. The SMILES string of the molecule is CC1=C(C)CC(C(=O)O)C=C1. The van der Waals surface area contributed by atoms with Gasteiger partial charge in [-0.1, -0.05) is 23.3 Å². The molecule has 0 saturated carbocycles. The molecule has 1 aliphatic carbocycles. The largest absolute Gasteiger partial charge is 0.481 e. The first kappa shape index (κ1) is 8.05. The molecular weight excluding hydrogens is 140 g/mol. The average Bonchev–Trinajstić information content (AvgIpc) is 1.94. The van der Waals surface area contributed by atoms with Crippen LogP contribution in [0.5, 0.6) is 0 Å². The van der Waals surface area contributed by atoms with Gasteiger partial charge in [0, 0.05) is 0 Å². The third-order valence-electron chi connectivity index (χ3n) is 2.10. The molecule has 0 aromatic heterocycles. The van der Waals surface area contributed by atoms with Crippen LogP contribution in [0.3, 0.4) is 0 Å². The van der Waals surface area contributed by atoms with E-state index in [1.165, 1.54) is 11.1 Å². The summed E-state index contributed by atoms with van der Waals surface area (Å²) < 4.78 is 0. The van der Waals surface area contributed by atoms with Crippen LogP contribution in [0.4, 0.5) is 0 Å². The first-order valence-corrected chi connectivity index (χ1v) is 3.68. The number of aliphatic carboxylic acids is 1. The molecule has 0 aliphatic heterocycles. The Morgan fingerprint density at radius 1 is 1.64 bits per heavy atom. The van der Waals surface area contributed by atoms with E-state index < -0.39 is 5.97 Å². The van der Waals surface area contributed by atoms with Crippen LogP contribution in [0.1, 0.15) is 20.3 Å². The molecule has 0 spiro atoms. The molecule has 11 heavy (non-hydrogen) atoms. The van der Waals surface area contributed by atoms with Gasteiger partial charge in [0.05, 0.1) is 5.92 Å². The minimum atomic E-state index is -0.729. The average molecular weight is 152 g/mol. The molecule has 1 rings (SSSR count). The van der Waals surface area contributed by atoms with Crippen LogP contribution < -0.4 is 0 Å². The Kier molecular flexibility index (Phi) is 2.13. The van der Waals surface area contributed by atoms with Crippen molar-refractivity contribution in [3.8, 4) is 0 Å². The number of hydrogen-bond donors (Lipinski definition) is 1. The Labute approximate surface area is 66.2 Å². The summed E-state index contributed by atoms with van der Waals surface area (Å²) >= 11 is 0. The maximum atomic E-state index is 10.5. The van der Waals surface area contributed by atoms with E-state index in [-0.39, 0.29) is 5.92 Å². The summed E-state index contributed by atoms with van der Waals surface area (Å²) in [5.41, 5.74) is 2.38. The normalized spacial score (nSPS) is 24.0. The molecule has 1 N–H and O–H groups in total. The lowest BCUT2D eigenvalue weighted by Crippen LogP contribution is -2.13. The van der Waals surface area contributed by atoms with Crippen LogP contribution >= 0.6 is 0 Å². The lowest BCUT2D eigenvalue weighted by Gasteiger charge is -2.14. The van der Waals surface area contributed by atoms with Gasteiger partial charge in [-0.25, -0.2) is 0 Å². The van der Waals surface area contributed by atoms with Crippen LogP contribution in [0.25, 0.3) is 0 Å². The summed E-state index contributed by atoms with van der Waals surface area (Å²) in [6.07, 6.45) is 4.31. The standard InChI is InChI=1S/C9H12O2/c1-6-3-4-8(9(10)11)5-7(6)2/h3-4,8H,5H2,1-2H3,(H,10,11). The summed E-state index contributed by atoms with van der Waals surface area (Å²) in [5.74, 6) is -1.04. The highest BCUT2D eigenvalue weighted by Crippen LogP contribution is 2.22. The second-order valence-electron chi connectivity index (χ2n) is 2.97. The Bertz CT molecular complexity index is 236. The second-order valence-corrected chi connectivity index (χ2v) is 2.97. The molecule has 2 nitrogen and oxygen atoms in total. The van der Waals surface area contributed by atoms with Crippen molar-refractivity contribution < 1.29 is 9.90 Å². The van der Waals surface area contributed by atoms with Gasteiger partial charge in [-0.15, -0.1) is 0 Å². The smallest absolute Gasteiger partial charge is 0.310 e. The lowest BCUT2D eigenvalue weighted by molar-refractivity contribution is -0.140. The molecule has 0 amide bonds. The number of allylic oxidation sites excluding steroid dienone is 3. The minimum absolute atomic E-state index is 0.307. The van der Waals surface area contributed by atoms with Gasteiger partial charge >= 0.3 is 5.97 Å². The summed E-state index contributed by atoms with van der Waals surface area (Å²) in [7, 11) is 0. The first-order chi connectivity index (χ1) is 5.11. The van der Waals surface area contributed by atoms with Crippen molar-refractivity contribution in [1.29, 1.82) is 0 Å². The predicted octanol–water partition coefficient (Wildman–Crippen LogP) is 1.98. The van der Waals surface area contributed by atoms with Crippen molar-refractivity contribution in [3.05, 3.63) is 23.3 Å². The van der Waals surface area contributed by atoms with E-state index in [2.05, 4.69) is 0 Å². The van der Waals surface area contributed by atoms with Crippen molar-refractivity contribution in [2.45, 2.75) is 20.3 Å². The summed E-state index contributed by atoms with van der Waals surface area (Å²) in [4.78, 5) is 10.5. The van der Waals surface area contributed by atoms with Crippen LogP contribution in [0, 0.1) is 5.92 Å². The molecule has 0 radical (unpaired) electrons. The van der Waals surface area contributed by atoms with Gasteiger partial charge in [-0.3, -0.25) is 4.79 Å². The van der Waals surface area contributed by atoms with Crippen molar-refractivity contribution in [3.63, 3.8) is 0 Å². The fourth-order valence-corrected chi connectivity index (χ4v) is 1.13. The zero-order valence-electron chi connectivity index (χ0n) is 6.79. The molecule has 0 heterocycles. The monoisotopic (exact) mass is 152 g/mol. The van der Waals surface area contributed by atoms with Gasteiger partial charge < -0.3 is 5.11 Å². The predicted molar refractivity (Wildman–Crippen MR) is 43.3 cm³/mol. The quantitative estimate of drug-likeness (QED) is 0.623. The van der Waals surface area contributed by atoms with Gasteiger partial charge in [-0.2, -0.15) is 0 Å². The Balaban J connectivity index is 2.74. The van der Waals surface area contributed by atoms with E-state index in [0.717, 1.165) is 0 Å². The molecule has 0 fully saturated rings. The van der Waals surface area contributed by atoms with Crippen molar-refractivity contribution in [2.75, 3.05) is 0 Å². The van der Waals surface area contributed by atoms with Crippen molar-refractivity contribution in [2.24, 2.45) is 5.92 Å². The Morgan fingerprint density at radius 3 is 2.73 bits per heavy atom. The highest BCUT2D eigenvalue weighted by atomic mass is 16.4. The van der Waals surface area contributed by atoms with Crippen LogP contribution in [0.2, 0.25) is 0 Å². The zero-order chi connectivity index (χ0) is 8.43. The minimum Gasteiger partial charge on any atom is -0.481 e. The molecule has 1 unspecified atom stereocenters. The first-order valence-electron chi connectivity index (χ1n) is 3.68. The molecule has 0 aromatic rings. The van der Waals surface area contributed by atoms with Crippen LogP contribution in [-0.2, 0) is 4.79 Å². The van der Waals surface area contributed by atoms with Gasteiger partial charge in [0.15, 0.2) is 0 Å². The molecule has 2 heteroatoms. The van der Waals surface area contributed by atoms with E-state index in [0.29, 0.717) is 6.42 Å². The van der Waals surface area contributed by atoms with E-state index in [1.54, 1.807) is 6.08 Å². The number of carboxylic acids is 1. The van der Waals surface area contributed by atoms with Crippen LogP contribution in [-0.4, -0.2) is 11.1 Å². The van der Waals surface area contributed by atoms with Gasteiger partial charge in [0.25, 0.3) is 0 Å². The highest BCUT2D eigenvalue weighted by molar-refractivity contribution is 5.73.